The van der Waals surface area contributed by atoms with E-state index in [-0.39, 0.29) is 35.5 Å². The molecule has 0 aliphatic heterocycles. The van der Waals surface area contributed by atoms with Gasteiger partial charge in [0.15, 0.2) is 0 Å². The van der Waals surface area contributed by atoms with Crippen LogP contribution in [0.3, 0.4) is 0 Å². The molecular formula is C7H4Cl4Mg. The van der Waals surface area contributed by atoms with Gasteiger partial charge >= 0.3 is 23.1 Å². The Morgan fingerprint density at radius 2 is 1.33 bits per heavy atom. The summed E-state index contributed by atoms with van der Waals surface area (Å²) in [6.07, 6.45) is 0. The molecule has 0 nitrogen and oxygen atoms in total. The van der Waals surface area contributed by atoms with E-state index in [4.69, 9.17) is 34.8 Å². The van der Waals surface area contributed by atoms with E-state index >= 15 is 0 Å². The molecule has 0 atom stereocenters. The van der Waals surface area contributed by atoms with Crippen molar-refractivity contribution in [2.45, 2.75) is 0 Å². The fourth-order valence-electron chi connectivity index (χ4n) is 0.572. The third-order valence-electron chi connectivity index (χ3n) is 1.11. The molecule has 0 heterocycles. The summed E-state index contributed by atoms with van der Waals surface area (Å²) in [6.45, 7) is 3.64. The van der Waals surface area contributed by atoms with Crippen LogP contribution < -0.4 is 12.4 Å². The van der Waals surface area contributed by atoms with Gasteiger partial charge in [-0.15, -0.1) is 0 Å². The first kappa shape index (κ1) is 15.5. The second-order valence-electron chi connectivity index (χ2n) is 1.85. The van der Waals surface area contributed by atoms with Crippen LogP contribution in [-0.4, -0.2) is 23.1 Å². The Morgan fingerprint density at radius 3 is 1.67 bits per heavy atom. The van der Waals surface area contributed by atoms with Gasteiger partial charge in [0, 0.05) is 5.02 Å². The van der Waals surface area contributed by atoms with Crippen LogP contribution in [0.25, 0.3) is 0 Å². The number of halogens is 4. The van der Waals surface area contributed by atoms with E-state index in [0.29, 0.717) is 20.6 Å². The van der Waals surface area contributed by atoms with Gasteiger partial charge in [0.1, 0.15) is 0 Å². The van der Waals surface area contributed by atoms with Crippen LogP contribution in [0.2, 0.25) is 15.1 Å². The summed E-state index contributed by atoms with van der Waals surface area (Å²) >= 11 is 17.0. The van der Waals surface area contributed by atoms with Crippen molar-refractivity contribution in [1.82, 2.24) is 0 Å². The molecule has 12 heavy (non-hydrogen) atoms. The maximum Gasteiger partial charge on any atom is 2.00 e. The minimum Gasteiger partial charge on any atom is -1.00 e. The predicted octanol–water partition coefficient (Wildman–Crippen LogP) is 0.452. The van der Waals surface area contributed by atoms with Crippen molar-refractivity contribution in [3.63, 3.8) is 0 Å². The summed E-state index contributed by atoms with van der Waals surface area (Å²) in [5.41, 5.74) is 0.618. The average molecular weight is 254 g/mol. The molecule has 0 fully saturated rings. The SMILES string of the molecule is [CH2-]c1c(Cl)cc(Cl)cc1Cl.[Cl-].[Mg+2]. The quantitative estimate of drug-likeness (QED) is 0.466. The minimum atomic E-state index is 0. The van der Waals surface area contributed by atoms with E-state index in [1.165, 1.54) is 0 Å². The average Bonchev–Trinajstić information content (AvgIpc) is 1.82. The van der Waals surface area contributed by atoms with E-state index in [0.717, 1.165) is 0 Å². The monoisotopic (exact) mass is 252 g/mol. The zero-order valence-corrected chi connectivity index (χ0v) is 10.5. The first-order valence-corrected chi connectivity index (χ1v) is 3.71. The first-order valence-electron chi connectivity index (χ1n) is 2.58. The van der Waals surface area contributed by atoms with Gasteiger partial charge in [0.05, 0.1) is 0 Å². The Morgan fingerprint density at radius 1 is 1.00 bits per heavy atom. The van der Waals surface area contributed by atoms with E-state index in [9.17, 15) is 0 Å². The molecule has 0 aliphatic rings. The summed E-state index contributed by atoms with van der Waals surface area (Å²) in [6, 6.07) is 3.22. The molecular weight excluding hydrogens is 250 g/mol. The molecule has 1 aromatic rings. The zero-order valence-electron chi connectivity index (χ0n) is 6.08. The zero-order chi connectivity index (χ0) is 7.72. The molecule has 5 heteroatoms. The van der Waals surface area contributed by atoms with Crippen molar-refractivity contribution >= 4 is 57.9 Å². The molecule has 0 radical (unpaired) electrons. The third-order valence-corrected chi connectivity index (χ3v) is 2.00. The topological polar surface area (TPSA) is 0 Å². The predicted molar refractivity (Wildman–Crippen MR) is 51.7 cm³/mol. The molecule has 0 spiro atoms. The van der Waals surface area contributed by atoms with Crippen LogP contribution in [0.15, 0.2) is 12.1 Å². The van der Waals surface area contributed by atoms with Gasteiger partial charge in [-0.3, -0.25) is 0 Å². The summed E-state index contributed by atoms with van der Waals surface area (Å²) in [5, 5.41) is 1.53. The van der Waals surface area contributed by atoms with Crippen molar-refractivity contribution in [2.75, 3.05) is 0 Å². The summed E-state index contributed by atoms with van der Waals surface area (Å²) in [7, 11) is 0. The molecule has 0 aromatic heterocycles. The molecule has 1 rings (SSSR count). The maximum absolute atomic E-state index is 5.69. The second kappa shape index (κ2) is 6.47. The number of hydrogen-bond acceptors (Lipinski definition) is 0. The standard InChI is InChI=1S/C7H4Cl3.ClH.Mg/c1-4-6(9)2-5(8)3-7(4)10;;/h2-3H,1H2;1H;/q-1;;+2/p-1. The Balaban J connectivity index is 0. The van der Waals surface area contributed by atoms with Crippen molar-refractivity contribution in [3.05, 3.63) is 39.7 Å². The molecule has 0 N–H and O–H groups in total. The summed E-state index contributed by atoms with van der Waals surface area (Å²) in [4.78, 5) is 0. The summed E-state index contributed by atoms with van der Waals surface area (Å²) in [5.74, 6) is 0. The largest absolute Gasteiger partial charge is 2.00 e. The molecule has 0 saturated carbocycles. The molecule has 0 amide bonds. The van der Waals surface area contributed by atoms with Gasteiger partial charge in [-0.1, -0.05) is 33.8 Å². The van der Waals surface area contributed by atoms with E-state index in [1.807, 2.05) is 0 Å². The fraction of sp³-hybridized carbons (Fsp3) is 0. The van der Waals surface area contributed by atoms with Gasteiger partial charge in [0.2, 0.25) is 0 Å². The Hall–Kier alpha value is 1.02. The van der Waals surface area contributed by atoms with Crippen LogP contribution in [-0.2, 0) is 0 Å². The molecule has 0 unspecified atom stereocenters. The Bertz CT molecular complexity index is 239. The maximum atomic E-state index is 5.69. The molecule has 0 saturated heterocycles. The fourth-order valence-corrected chi connectivity index (χ4v) is 1.39. The van der Waals surface area contributed by atoms with Crippen molar-refractivity contribution in [3.8, 4) is 0 Å². The Labute approximate surface area is 109 Å². The number of hydrogen-bond donors (Lipinski definition) is 0. The van der Waals surface area contributed by atoms with Gasteiger partial charge in [-0.25, -0.2) is 0 Å². The molecule has 0 bridgehead atoms. The van der Waals surface area contributed by atoms with Crippen molar-refractivity contribution in [2.24, 2.45) is 0 Å². The van der Waals surface area contributed by atoms with Crippen LogP contribution >= 0.6 is 34.8 Å². The number of benzene rings is 1. The minimum absolute atomic E-state index is 0. The van der Waals surface area contributed by atoms with Crippen molar-refractivity contribution < 1.29 is 12.4 Å². The van der Waals surface area contributed by atoms with E-state index in [2.05, 4.69) is 6.92 Å². The third kappa shape index (κ3) is 3.82. The van der Waals surface area contributed by atoms with Gasteiger partial charge in [0.25, 0.3) is 0 Å². The van der Waals surface area contributed by atoms with Crippen LogP contribution in [0.5, 0.6) is 0 Å². The number of rotatable bonds is 0. The van der Waals surface area contributed by atoms with Crippen LogP contribution in [0.4, 0.5) is 0 Å². The Kier molecular flexibility index (Phi) is 8.35. The molecule has 0 aliphatic carbocycles. The summed E-state index contributed by atoms with van der Waals surface area (Å²) < 4.78 is 0. The van der Waals surface area contributed by atoms with Gasteiger partial charge < -0.3 is 12.4 Å². The van der Waals surface area contributed by atoms with Crippen LogP contribution in [0, 0.1) is 6.92 Å². The van der Waals surface area contributed by atoms with Crippen LogP contribution in [0.1, 0.15) is 5.56 Å². The normalized spacial score (nSPS) is 8.25. The van der Waals surface area contributed by atoms with Crippen molar-refractivity contribution in [1.29, 1.82) is 0 Å². The second-order valence-corrected chi connectivity index (χ2v) is 3.10. The van der Waals surface area contributed by atoms with Gasteiger partial charge in [-0.05, 0) is 0 Å². The molecule has 62 valence electrons. The van der Waals surface area contributed by atoms with Gasteiger partial charge in [-0.2, -0.15) is 35.7 Å². The smallest absolute Gasteiger partial charge is 1.00 e. The molecule has 1 aromatic carbocycles. The van der Waals surface area contributed by atoms with E-state index in [1.54, 1.807) is 12.1 Å². The van der Waals surface area contributed by atoms with E-state index < -0.39 is 0 Å². The first-order chi connectivity index (χ1) is 4.61.